The lowest BCUT2D eigenvalue weighted by Crippen LogP contribution is -2.19. The number of hydrogen-bond donors (Lipinski definition) is 1. The average molecular weight is 488 g/mol. The highest BCUT2D eigenvalue weighted by Gasteiger charge is 2.51. The first-order valence-corrected chi connectivity index (χ1v) is 12.3. The van der Waals surface area contributed by atoms with Crippen LogP contribution in [0, 0.1) is 6.92 Å². The number of aromatic nitrogens is 3. The number of carboxylic acid groups (broad SMARTS) is 1. The summed E-state index contributed by atoms with van der Waals surface area (Å²) in [4.78, 5) is 20.9. The van der Waals surface area contributed by atoms with E-state index in [-0.39, 0.29) is 0 Å². The van der Waals surface area contributed by atoms with Gasteiger partial charge in [0.2, 0.25) is 0 Å². The minimum atomic E-state index is -0.736. The maximum Gasteiger partial charge on any atom is 0.314 e. The average Bonchev–Trinajstić information content (AvgIpc) is 3.69. The van der Waals surface area contributed by atoms with Gasteiger partial charge in [0.1, 0.15) is 5.82 Å². The lowest BCUT2D eigenvalue weighted by Gasteiger charge is -2.11. The molecule has 0 bridgehead atoms. The third kappa shape index (κ3) is 4.31. The van der Waals surface area contributed by atoms with Gasteiger partial charge in [-0.05, 0) is 42.5 Å². The quantitative estimate of drug-likeness (QED) is 0.283. The van der Waals surface area contributed by atoms with Crippen LogP contribution in [0.2, 0.25) is 0 Å². The second-order valence-electron chi connectivity index (χ2n) is 9.52. The number of carbonyl (C=O) groups is 1. The van der Waals surface area contributed by atoms with Gasteiger partial charge in [0.15, 0.2) is 5.76 Å². The molecule has 1 saturated carbocycles. The molecular formula is C31H25N3O3. The van der Waals surface area contributed by atoms with E-state index in [1.807, 2.05) is 91.9 Å². The van der Waals surface area contributed by atoms with Crippen LogP contribution in [-0.4, -0.2) is 26.2 Å². The summed E-state index contributed by atoms with van der Waals surface area (Å²) >= 11 is 0. The maximum absolute atomic E-state index is 11.6. The highest BCUT2D eigenvalue weighted by atomic mass is 16.5. The second kappa shape index (κ2) is 9.13. The van der Waals surface area contributed by atoms with Crippen molar-refractivity contribution in [2.24, 2.45) is 0 Å². The summed E-state index contributed by atoms with van der Waals surface area (Å²) in [5, 5.41) is 13.8. The van der Waals surface area contributed by atoms with Crippen LogP contribution in [0.4, 0.5) is 0 Å². The number of aryl methyl sites for hydroxylation is 1. The minimum Gasteiger partial charge on any atom is -0.481 e. The molecule has 0 spiro atoms. The van der Waals surface area contributed by atoms with E-state index in [0.717, 1.165) is 44.8 Å². The SMILES string of the molecule is Cc1noc(-c2ccc(-c3ccc(C4(C(=O)O)CC4)cc3)cc2)c1Cc1nccc(-c2ccccc2)n1. The van der Waals surface area contributed by atoms with Gasteiger partial charge in [-0.2, -0.15) is 0 Å². The standard InChI is InChI=1S/C31H25N3O3/c1-20-26(19-28-32-18-15-27(33-28)23-5-3-2-4-6-23)29(37-34-20)24-9-7-21(8-10-24)22-11-13-25(14-12-22)31(16-17-31)30(35)36/h2-15,18H,16-17,19H2,1H3,(H,35,36). The fraction of sp³-hybridized carbons (Fsp3) is 0.161. The largest absolute Gasteiger partial charge is 0.481 e. The Labute approximate surface area is 214 Å². The van der Waals surface area contributed by atoms with Crippen molar-refractivity contribution in [1.29, 1.82) is 0 Å². The van der Waals surface area contributed by atoms with E-state index in [4.69, 9.17) is 9.51 Å². The molecule has 1 fully saturated rings. The number of nitrogens with zero attached hydrogens (tertiary/aromatic N) is 3. The molecule has 0 saturated heterocycles. The van der Waals surface area contributed by atoms with E-state index in [9.17, 15) is 9.90 Å². The van der Waals surface area contributed by atoms with E-state index in [1.54, 1.807) is 6.20 Å². The highest BCUT2D eigenvalue weighted by molar-refractivity contribution is 5.85. The third-order valence-electron chi connectivity index (χ3n) is 7.17. The topological polar surface area (TPSA) is 89.1 Å². The summed E-state index contributed by atoms with van der Waals surface area (Å²) in [5.74, 6) is 0.686. The molecule has 0 radical (unpaired) electrons. The molecule has 0 amide bonds. The smallest absolute Gasteiger partial charge is 0.314 e. The second-order valence-corrected chi connectivity index (χ2v) is 9.52. The third-order valence-corrected chi connectivity index (χ3v) is 7.17. The molecule has 182 valence electrons. The number of aliphatic carboxylic acids is 1. The van der Waals surface area contributed by atoms with Gasteiger partial charge in [0.05, 0.1) is 16.8 Å². The van der Waals surface area contributed by atoms with Crippen LogP contribution in [0.15, 0.2) is 95.6 Å². The van der Waals surface area contributed by atoms with Crippen molar-refractivity contribution >= 4 is 5.97 Å². The Morgan fingerprint density at radius 3 is 2.16 bits per heavy atom. The summed E-state index contributed by atoms with van der Waals surface area (Å²) in [6.45, 7) is 1.93. The Morgan fingerprint density at radius 2 is 1.51 bits per heavy atom. The molecule has 0 unspecified atom stereocenters. The number of rotatable bonds is 7. The molecule has 1 aliphatic carbocycles. The fourth-order valence-corrected chi connectivity index (χ4v) is 4.78. The molecule has 37 heavy (non-hydrogen) atoms. The van der Waals surface area contributed by atoms with Gasteiger partial charge >= 0.3 is 5.97 Å². The van der Waals surface area contributed by atoms with E-state index in [2.05, 4.69) is 10.1 Å². The first-order valence-electron chi connectivity index (χ1n) is 12.3. The summed E-state index contributed by atoms with van der Waals surface area (Å²) in [7, 11) is 0. The molecular weight excluding hydrogens is 462 g/mol. The van der Waals surface area contributed by atoms with Crippen LogP contribution < -0.4 is 0 Å². The Kier molecular flexibility index (Phi) is 5.64. The van der Waals surface area contributed by atoms with Crippen molar-refractivity contribution in [3.63, 3.8) is 0 Å². The van der Waals surface area contributed by atoms with E-state index < -0.39 is 11.4 Å². The maximum atomic E-state index is 11.6. The number of carboxylic acids is 1. The fourth-order valence-electron chi connectivity index (χ4n) is 4.78. The molecule has 1 aliphatic rings. The lowest BCUT2D eigenvalue weighted by molar-refractivity contribution is -0.140. The lowest BCUT2D eigenvalue weighted by atomic mass is 9.93. The van der Waals surface area contributed by atoms with Crippen LogP contribution in [0.25, 0.3) is 33.7 Å². The molecule has 6 nitrogen and oxygen atoms in total. The molecule has 6 heteroatoms. The first-order chi connectivity index (χ1) is 18.0. The first kappa shape index (κ1) is 22.9. The normalized spacial score (nSPS) is 13.9. The number of hydrogen-bond acceptors (Lipinski definition) is 5. The predicted molar refractivity (Wildman–Crippen MR) is 141 cm³/mol. The van der Waals surface area contributed by atoms with Gasteiger partial charge in [-0.3, -0.25) is 4.79 Å². The Bertz CT molecular complexity index is 1570. The van der Waals surface area contributed by atoms with Crippen molar-refractivity contribution in [3.05, 3.63) is 114 Å². The Morgan fingerprint density at radius 1 is 0.865 bits per heavy atom. The van der Waals surface area contributed by atoms with Gasteiger partial charge in [-0.15, -0.1) is 0 Å². The van der Waals surface area contributed by atoms with Gasteiger partial charge in [0, 0.05) is 29.3 Å². The number of benzene rings is 3. The van der Waals surface area contributed by atoms with Crippen LogP contribution in [-0.2, 0) is 16.6 Å². The van der Waals surface area contributed by atoms with Crippen molar-refractivity contribution in [3.8, 4) is 33.7 Å². The van der Waals surface area contributed by atoms with Crippen molar-refractivity contribution in [2.75, 3.05) is 0 Å². The summed E-state index contributed by atoms with van der Waals surface area (Å²) < 4.78 is 5.74. The molecule has 5 aromatic rings. The van der Waals surface area contributed by atoms with Crippen LogP contribution in [0.5, 0.6) is 0 Å². The Hall–Kier alpha value is -4.58. The zero-order valence-electron chi connectivity index (χ0n) is 20.4. The van der Waals surface area contributed by atoms with E-state index in [0.29, 0.717) is 30.8 Å². The van der Waals surface area contributed by atoms with E-state index >= 15 is 0 Å². The summed E-state index contributed by atoms with van der Waals surface area (Å²) in [5.41, 5.74) is 6.91. The zero-order chi connectivity index (χ0) is 25.4. The van der Waals surface area contributed by atoms with Crippen LogP contribution in [0.3, 0.4) is 0 Å². The molecule has 6 rings (SSSR count). The monoisotopic (exact) mass is 487 g/mol. The van der Waals surface area contributed by atoms with Crippen LogP contribution in [0.1, 0.15) is 35.5 Å². The van der Waals surface area contributed by atoms with Gasteiger partial charge in [0.25, 0.3) is 0 Å². The molecule has 0 aliphatic heterocycles. The van der Waals surface area contributed by atoms with Crippen molar-refractivity contribution in [2.45, 2.75) is 31.6 Å². The van der Waals surface area contributed by atoms with Crippen molar-refractivity contribution in [1.82, 2.24) is 15.1 Å². The Balaban J connectivity index is 1.24. The molecule has 0 atom stereocenters. The minimum absolute atomic E-state index is 0.514. The zero-order valence-corrected chi connectivity index (χ0v) is 20.4. The molecule has 3 aromatic carbocycles. The molecule has 2 heterocycles. The highest BCUT2D eigenvalue weighted by Crippen LogP contribution is 2.48. The summed E-state index contributed by atoms with van der Waals surface area (Å²) in [6.07, 6.45) is 3.71. The predicted octanol–water partition coefficient (Wildman–Crippen LogP) is 6.48. The van der Waals surface area contributed by atoms with Crippen LogP contribution >= 0.6 is 0 Å². The molecule has 1 N–H and O–H groups in total. The van der Waals surface area contributed by atoms with Gasteiger partial charge < -0.3 is 9.63 Å². The molecule has 2 aromatic heterocycles. The van der Waals surface area contributed by atoms with E-state index in [1.165, 1.54) is 0 Å². The van der Waals surface area contributed by atoms with Gasteiger partial charge in [-0.25, -0.2) is 9.97 Å². The summed E-state index contributed by atoms with van der Waals surface area (Å²) in [6, 6.07) is 28.0. The van der Waals surface area contributed by atoms with Gasteiger partial charge in [-0.1, -0.05) is 84.0 Å². The van der Waals surface area contributed by atoms with Crippen molar-refractivity contribution < 1.29 is 14.4 Å².